The number of likely N-dealkylation sites (N-methyl/N-ethyl adjacent to an activating group) is 1. The van der Waals surface area contributed by atoms with Gasteiger partial charge in [-0.25, -0.2) is 12.8 Å². The molecule has 4 rings (SSSR count). The average Bonchev–Trinajstić information content (AvgIpc) is 2.83. The number of rotatable bonds is 5. The molecule has 9 heteroatoms. The van der Waals surface area contributed by atoms with Crippen molar-refractivity contribution in [3.8, 4) is 11.1 Å². The Morgan fingerprint density at radius 3 is 2.51 bits per heavy atom. The maximum absolute atomic E-state index is 15.3. The highest BCUT2D eigenvalue weighted by molar-refractivity contribution is 7.90. The fourth-order valence-corrected chi connectivity index (χ4v) is 5.44. The molecule has 1 unspecified atom stereocenters. The smallest absolute Gasteiger partial charge is 0.254 e. The molecule has 6 nitrogen and oxygen atoms in total. The van der Waals surface area contributed by atoms with E-state index in [0.717, 1.165) is 6.26 Å². The third kappa shape index (κ3) is 5.09. The number of piperidine rings is 1. The van der Waals surface area contributed by atoms with Crippen molar-refractivity contribution < 1.29 is 22.4 Å². The van der Waals surface area contributed by atoms with Crippen LogP contribution in [0.5, 0.6) is 0 Å². The first-order valence-electron chi connectivity index (χ1n) is 11.0. The van der Waals surface area contributed by atoms with Crippen LogP contribution in [-0.4, -0.2) is 51.0 Å². The summed E-state index contributed by atoms with van der Waals surface area (Å²) in [5.41, 5.74) is 1.23. The average molecular weight is 515 g/mol. The first-order chi connectivity index (χ1) is 16.6. The van der Waals surface area contributed by atoms with E-state index in [2.05, 4.69) is 0 Å². The number of sulfone groups is 1. The van der Waals surface area contributed by atoms with Crippen molar-refractivity contribution >= 4 is 38.9 Å². The fourth-order valence-electron chi connectivity index (χ4n) is 4.34. The minimum atomic E-state index is -3.52. The second-order valence-corrected chi connectivity index (χ2v) is 10.9. The molecule has 0 saturated carbocycles. The minimum Gasteiger partial charge on any atom is -0.330 e. The van der Waals surface area contributed by atoms with Crippen molar-refractivity contribution in [1.29, 1.82) is 0 Å². The summed E-state index contributed by atoms with van der Waals surface area (Å²) >= 11 is 6.00. The van der Waals surface area contributed by atoms with Crippen LogP contribution in [0.1, 0.15) is 23.2 Å². The second kappa shape index (κ2) is 9.79. The maximum Gasteiger partial charge on any atom is 0.254 e. The quantitative estimate of drug-likeness (QED) is 0.489. The zero-order chi connectivity index (χ0) is 25.3. The van der Waals surface area contributed by atoms with Gasteiger partial charge in [-0.05, 0) is 54.8 Å². The van der Waals surface area contributed by atoms with Crippen LogP contribution in [0.3, 0.4) is 0 Å². The van der Waals surface area contributed by atoms with E-state index in [1.165, 1.54) is 34.1 Å². The molecule has 1 fully saturated rings. The fraction of sp³-hybridized carbons (Fsp3) is 0.231. The number of hydrogen-bond acceptors (Lipinski definition) is 4. The summed E-state index contributed by atoms with van der Waals surface area (Å²) in [7, 11) is -1.96. The first kappa shape index (κ1) is 24.9. The standard InChI is InChI=1S/C26H24ClFN2O4S/c1-29(25(31)18-7-5-8-19(27)15-18)23-10-6-14-30(26(23)32)22-13-12-17(16-21(22)28)20-9-3-4-11-24(20)35(2,33)34/h3-5,7-9,11-13,15-16,23H,6,10,14H2,1-2H3. The molecule has 1 saturated heterocycles. The Kier molecular flexibility index (Phi) is 6.96. The lowest BCUT2D eigenvalue weighted by molar-refractivity contribution is -0.124. The summed E-state index contributed by atoms with van der Waals surface area (Å²) in [4.78, 5) is 29.1. The minimum absolute atomic E-state index is 0.0869. The molecule has 3 aromatic rings. The van der Waals surface area contributed by atoms with Gasteiger partial charge < -0.3 is 9.80 Å². The van der Waals surface area contributed by atoms with Gasteiger partial charge in [-0.15, -0.1) is 0 Å². The van der Waals surface area contributed by atoms with E-state index in [-0.39, 0.29) is 22.4 Å². The zero-order valence-corrected chi connectivity index (χ0v) is 20.8. The van der Waals surface area contributed by atoms with Crippen molar-refractivity contribution in [2.24, 2.45) is 0 Å². The van der Waals surface area contributed by atoms with Crippen molar-refractivity contribution in [2.75, 3.05) is 24.7 Å². The van der Waals surface area contributed by atoms with Gasteiger partial charge in [-0.3, -0.25) is 9.59 Å². The van der Waals surface area contributed by atoms with E-state index in [1.807, 2.05) is 0 Å². The van der Waals surface area contributed by atoms with Gasteiger partial charge in [0.25, 0.3) is 5.91 Å². The SMILES string of the molecule is CN(C(=O)c1cccc(Cl)c1)C1CCCN(c2ccc(-c3ccccc3S(C)(=O)=O)cc2F)C1=O. The largest absolute Gasteiger partial charge is 0.330 e. The molecule has 2 amide bonds. The molecule has 0 N–H and O–H groups in total. The molecule has 182 valence electrons. The highest BCUT2D eigenvalue weighted by Crippen LogP contribution is 2.33. The predicted molar refractivity (Wildman–Crippen MR) is 134 cm³/mol. The van der Waals surface area contributed by atoms with Crippen LogP contribution in [0.25, 0.3) is 11.1 Å². The van der Waals surface area contributed by atoms with Crippen LogP contribution >= 0.6 is 11.6 Å². The Morgan fingerprint density at radius 1 is 1.09 bits per heavy atom. The van der Waals surface area contributed by atoms with Crippen molar-refractivity contribution in [1.82, 2.24) is 4.90 Å². The molecule has 0 aliphatic carbocycles. The molecule has 0 radical (unpaired) electrons. The molecule has 0 bridgehead atoms. The number of anilines is 1. The molecular formula is C26H24ClFN2O4S. The van der Waals surface area contributed by atoms with Crippen LogP contribution in [-0.2, 0) is 14.6 Å². The topological polar surface area (TPSA) is 74.8 Å². The lowest BCUT2D eigenvalue weighted by atomic mass is 10.00. The van der Waals surface area contributed by atoms with E-state index in [4.69, 9.17) is 11.6 Å². The van der Waals surface area contributed by atoms with Crippen LogP contribution in [0.2, 0.25) is 5.02 Å². The maximum atomic E-state index is 15.3. The van der Waals surface area contributed by atoms with Gasteiger partial charge in [0.05, 0.1) is 10.6 Å². The Hall–Kier alpha value is -3.23. The molecule has 1 aliphatic rings. The van der Waals surface area contributed by atoms with Gasteiger partial charge in [0.1, 0.15) is 11.9 Å². The molecule has 1 heterocycles. The number of hydrogen-bond donors (Lipinski definition) is 0. The molecule has 1 aliphatic heterocycles. The zero-order valence-electron chi connectivity index (χ0n) is 19.2. The highest BCUT2D eigenvalue weighted by Gasteiger charge is 2.36. The molecule has 0 aromatic heterocycles. The van der Waals surface area contributed by atoms with Crippen molar-refractivity contribution in [2.45, 2.75) is 23.8 Å². The number of carbonyl (C=O) groups excluding carboxylic acids is 2. The molecular weight excluding hydrogens is 491 g/mol. The summed E-state index contributed by atoms with van der Waals surface area (Å²) in [5.74, 6) is -1.37. The van der Waals surface area contributed by atoms with E-state index in [9.17, 15) is 18.0 Å². The van der Waals surface area contributed by atoms with Gasteiger partial charge in [0, 0.05) is 36.0 Å². The highest BCUT2D eigenvalue weighted by atomic mass is 35.5. The third-order valence-electron chi connectivity index (χ3n) is 6.11. The summed E-state index contributed by atoms with van der Waals surface area (Å²) in [6.07, 6.45) is 2.14. The van der Waals surface area contributed by atoms with Crippen LogP contribution in [0.15, 0.2) is 71.6 Å². The van der Waals surface area contributed by atoms with Gasteiger partial charge >= 0.3 is 0 Å². The Bertz CT molecular complexity index is 1410. The Balaban J connectivity index is 1.61. The number of nitrogens with zero attached hydrogens (tertiary/aromatic N) is 2. The summed E-state index contributed by atoms with van der Waals surface area (Å²) in [6, 6.07) is 16.4. The molecule has 35 heavy (non-hydrogen) atoms. The van der Waals surface area contributed by atoms with Gasteiger partial charge in [0.15, 0.2) is 9.84 Å². The summed E-state index contributed by atoms with van der Waals surface area (Å²) < 4.78 is 39.6. The monoisotopic (exact) mass is 514 g/mol. The van der Waals surface area contributed by atoms with Gasteiger partial charge in [-0.2, -0.15) is 0 Å². The van der Waals surface area contributed by atoms with E-state index < -0.39 is 21.7 Å². The number of benzene rings is 3. The van der Waals surface area contributed by atoms with Crippen LogP contribution in [0, 0.1) is 5.82 Å². The summed E-state index contributed by atoms with van der Waals surface area (Å²) in [5, 5.41) is 0.417. The van der Waals surface area contributed by atoms with E-state index in [0.29, 0.717) is 41.1 Å². The molecule has 0 spiro atoms. The Labute approximate surface area is 208 Å². The molecule has 1 atom stereocenters. The number of amides is 2. The van der Waals surface area contributed by atoms with E-state index >= 15 is 4.39 Å². The summed E-state index contributed by atoms with van der Waals surface area (Å²) in [6.45, 7) is 0.310. The van der Waals surface area contributed by atoms with Crippen molar-refractivity contribution in [3.05, 3.63) is 83.1 Å². The Morgan fingerprint density at radius 2 is 1.83 bits per heavy atom. The predicted octanol–water partition coefficient (Wildman–Crippen LogP) is 4.82. The third-order valence-corrected chi connectivity index (χ3v) is 7.50. The van der Waals surface area contributed by atoms with Crippen molar-refractivity contribution in [3.63, 3.8) is 0 Å². The lowest BCUT2D eigenvalue weighted by Crippen LogP contribution is -2.53. The normalized spacial score (nSPS) is 16.3. The lowest BCUT2D eigenvalue weighted by Gasteiger charge is -2.37. The van der Waals surface area contributed by atoms with E-state index in [1.54, 1.807) is 49.5 Å². The van der Waals surface area contributed by atoms with Crippen LogP contribution in [0.4, 0.5) is 10.1 Å². The van der Waals surface area contributed by atoms with Gasteiger partial charge in [-0.1, -0.05) is 41.9 Å². The molecule has 3 aromatic carbocycles. The van der Waals surface area contributed by atoms with Crippen LogP contribution < -0.4 is 4.90 Å². The number of carbonyl (C=O) groups is 2. The second-order valence-electron chi connectivity index (χ2n) is 8.51. The first-order valence-corrected chi connectivity index (χ1v) is 13.3. The number of halogens is 2. The van der Waals surface area contributed by atoms with Gasteiger partial charge in [0.2, 0.25) is 5.91 Å².